The third-order valence-electron chi connectivity index (χ3n) is 3.26. The van der Waals surface area contributed by atoms with Gasteiger partial charge in [-0.15, -0.1) is 6.58 Å². The Bertz CT molecular complexity index is 761. The number of thiocarbonyl (C=S) groups is 1. The molecule has 1 heterocycles. The molecule has 2 rings (SSSR count). The lowest BCUT2D eigenvalue weighted by Crippen LogP contribution is -2.53. The second-order valence-corrected chi connectivity index (χ2v) is 6.31. The van der Waals surface area contributed by atoms with E-state index < -0.39 is 11.8 Å². The molecule has 1 N–H and O–H groups in total. The van der Waals surface area contributed by atoms with E-state index in [2.05, 4.69) is 34.5 Å². The molecule has 1 aliphatic rings. The van der Waals surface area contributed by atoms with E-state index in [4.69, 9.17) is 21.7 Å². The first kappa shape index (κ1) is 18.4. The molecule has 0 spiro atoms. The Morgan fingerprint density at radius 1 is 1.33 bits per heavy atom. The summed E-state index contributed by atoms with van der Waals surface area (Å²) in [6, 6.07) is 3.49. The number of carbonyl (C=O) groups excluding carboxylic acids is 2. The number of nitrogens with one attached hydrogen (secondary N) is 1. The van der Waals surface area contributed by atoms with Crippen LogP contribution in [0.25, 0.3) is 6.08 Å². The second kappa shape index (κ2) is 7.75. The summed E-state index contributed by atoms with van der Waals surface area (Å²) in [5, 5.41) is 2.58. The minimum atomic E-state index is -0.532. The SMILES string of the molecule is C=CCN1C(=O)/C(=C/c2cc(I)c(OC)c(OC)c2)C(=O)NC1=S. The summed E-state index contributed by atoms with van der Waals surface area (Å²) in [6.07, 6.45) is 3.04. The molecule has 24 heavy (non-hydrogen) atoms. The number of carbonyl (C=O) groups is 2. The van der Waals surface area contributed by atoms with Crippen molar-refractivity contribution in [1.29, 1.82) is 0 Å². The largest absolute Gasteiger partial charge is 0.493 e. The van der Waals surface area contributed by atoms with Crippen LogP contribution in [0.2, 0.25) is 0 Å². The van der Waals surface area contributed by atoms with Gasteiger partial charge >= 0.3 is 0 Å². The standard InChI is InChI=1S/C16H15IN2O4S/c1-4-5-19-15(21)10(14(20)18-16(19)24)6-9-7-11(17)13(23-3)12(8-9)22-2/h4,6-8H,1,5H2,2-3H3,(H,18,20,24)/b10-6+. The van der Waals surface area contributed by atoms with Crippen LogP contribution in [0.15, 0.2) is 30.4 Å². The molecule has 0 bridgehead atoms. The minimum absolute atomic E-state index is 0.00605. The molecule has 126 valence electrons. The van der Waals surface area contributed by atoms with Crippen LogP contribution in [-0.2, 0) is 9.59 Å². The van der Waals surface area contributed by atoms with Gasteiger partial charge in [0.1, 0.15) is 5.57 Å². The van der Waals surface area contributed by atoms with Gasteiger partial charge in [0.15, 0.2) is 16.6 Å². The number of methoxy groups -OCH3 is 2. The second-order valence-electron chi connectivity index (χ2n) is 4.76. The average molecular weight is 458 g/mol. The zero-order valence-electron chi connectivity index (χ0n) is 13.1. The van der Waals surface area contributed by atoms with Crippen LogP contribution in [0.3, 0.4) is 0 Å². The molecular formula is C16H15IN2O4S. The summed E-state index contributed by atoms with van der Waals surface area (Å²) < 4.78 is 11.4. The Morgan fingerprint density at radius 2 is 2.04 bits per heavy atom. The van der Waals surface area contributed by atoms with E-state index in [0.29, 0.717) is 17.1 Å². The molecule has 1 aromatic carbocycles. The molecule has 1 aliphatic heterocycles. The molecule has 2 amide bonds. The first-order valence-electron chi connectivity index (χ1n) is 6.84. The average Bonchev–Trinajstić information content (AvgIpc) is 2.54. The Morgan fingerprint density at radius 3 is 2.62 bits per heavy atom. The summed E-state index contributed by atoms with van der Waals surface area (Å²) in [5.41, 5.74) is 0.635. The van der Waals surface area contributed by atoms with Gasteiger partial charge in [-0.05, 0) is 58.6 Å². The zero-order chi connectivity index (χ0) is 17.9. The number of nitrogens with zero attached hydrogens (tertiary/aromatic N) is 1. The van der Waals surface area contributed by atoms with Crippen molar-refractivity contribution < 1.29 is 19.1 Å². The Kier molecular flexibility index (Phi) is 5.94. The molecule has 1 fully saturated rings. The predicted octanol–water partition coefficient (Wildman–Crippen LogP) is 2.12. The van der Waals surface area contributed by atoms with E-state index in [1.165, 1.54) is 18.1 Å². The maximum Gasteiger partial charge on any atom is 0.265 e. The molecule has 0 aliphatic carbocycles. The van der Waals surface area contributed by atoms with Gasteiger partial charge in [-0.1, -0.05) is 6.08 Å². The Labute approximate surface area is 158 Å². The maximum absolute atomic E-state index is 12.5. The Hall–Kier alpha value is -1.94. The smallest absolute Gasteiger partial charge is 0.265 e. The van der Waals surface area contributed by atoms with Crippen LogP contribution in [-0.4, -0.2) is 42.6 Å². The topological polar surface area (TPSA) is 67.9 Å². The molecule has 0 saturated carbocycles. The van der Waals surface area contributed by atoms with Gasteiger partial charge < -0.3 is 9.47 Å². The maximum atomic E-state index is 12.5. The van der Waals surface area contributed by atoms with Crippen molar-refractivity contribution in [3.8, 4) is 11.5 Å². The normalized spacial score (nSPS) is 16.2. The highest BCUT2D eigenvalue weighted by atomic mass is 127. The van der Waals surface area contributed by atoms with E-state index in [-0.39, 0.29) is 17.2 Å². The number of rotatable bonds is 5. The number of halogens is 1. The van der Waals surface area contributed by atoms with Crippen molar-refractivity contribution in [1.82, 2.24) is 10.2 Å². The summed E-state index contributed by atoms with van der Waals surface area (Å²) >= 11 is 7.11. The van der Waals surface area contributed by atoms with E-state index in [1.807, 2.05) is 0 Å². The molecular weight excluding hydrogens is 443 g/mol. The fraction of sp³-hybridized carbons (Fsp3) is 0.188. The lowest BCUT2D eigenvalue weighted by molar-refractivity contribution is -0.128. The first-order valence-corrected chi connectivity index (χ1v) is 8.33. The van der Waals surface area contributed by atoms with E-state index in [1.54, 1.807) is 25.3 Å². The van der Waals surface area contributed by atoms with Gasteiger partial charge in [0.2, 0.25) is 0 Å². The highest BCUT2D eigenvalue weighted by Crippen LogP contribution is 2.34. The number of hydrogen-bond acceptors (Lipinski definition) is 5. The van der Waals surface area contributed by atoms with Gasteiger partial charge in [0.05, 0.1) is 17.8 Å². The molecule has 1 aromatic rings. The van der Waals surface area contributed by atoms with Gasteiger partial charge in [-0.3, -0.25) is 19.8 Å². The van der Waals surface area contributed by atoms with Crippen molar-refractivity contribution in [2.75, 3.05) is 20.8 Å². The molecule has 8 heteroatoms. The van der Waals surface area contributed by atoms with Crippen molar-refractivity contribution in [2.45, 2.75) is 0 Å². The van der Waals surface area contributed by atoms with E-state index >= 15 is 0 Å². The number of amides is 2. The van der Waals surface area contributed by atoms with Gasteiger partial charge in [-0.2, -0.15) is 0 Å². The van der Waals surface area contributed by atoms with Gasteiger partial charge in [0.25, 0.3) is 11.8 Å². The van der Waals surface area contributed by atoms with Crippen LogP contribution < -0.4 is 14.8 Å². The van der Waals surface area contributed by atoms with Gasteiger partial charge in [0, 0.05) is 6.54 Å². The molecule has 0 unspecified atom stereocenters. The zero-order valence-corrected chi connectivity index (χ0v) is 16.1. The fourth-order valence-corrected chi connectivity index (χ4v) is 3.27. The van der Waals surface area contributed by atoms with E-state index in [0.717, 1.165) is 3.57 Å². The van der Waals surface area contributed by atoms with E-state index in [9.17, 15) is 9.59 Å². The highest BCUT2D eigenvalue weighted by Gasteiger charge is 2.32. The number of hydrogen-bond donors (Lipinski definition) is 1. The highest BCUT2D eigenvalue weighted by molar-refractivity contribution is 14.1. The summed E-state index contributed by atoms with van der Waals surface area (Å²) in [4.78, 5) is 25.9. The third-order valence-corrected chi connectivity index (χ3v) is 4.39. The summed E-state index contributed by atoms with van der Waals surface area (Å²) in [5.74, 6) is 0.107. The van der Waals surface area contributed by atoms with Crippen LogP contribution >= 0.6 is 34.8 Å². The Balaban J connectivity index is 2.47. The van der Waals surface area contributed by atoms with Crippen molar-refractivity contribution in [2.24, 2.45) is 0 Å². The quantitative estimate of drug-likeness (QED) is 0.241. The minimum Gasteiger partial charge on any atom is -0.493 e. The van der Waals surface area contributed by atoms with Gasteiger partial charge in [-0.25, -0.2) is 0 Å². The third kappa shape index (κ3) is 3.59. The van der Waals surface area contributed by atoms with Crippen molar-refractivity contribution >= 4 is 57.8 Å². The molecule has 0 radical (unpaired) electrons. The summed E-state index contributed by atoms with van der Waals surface area (Å²) in [6.45, 7) is 3.81. The first-order chi connectivity index (χ1) is 11.4. The molecule has 0 atom stereocenters. The van der Waals surface area contributed by atoms with Crippen LogP contribution in [0.4, 0.5) is 0 Å². The molecule has 6 nitrogen and oxygen atoms in total. The fourth-order valence-electron chi connectivity index (χ4n) is 2.18. The summed E-state index contributed by atoms with van der Waals surface area (Å²) in [7, 11) is 3.07. The predicted molar refractivity (Wildman–Crippen MR) is 103 cm³/mol. The van der Waals surface area contributed by atoms with Crippen LogP contribution in [0, 0.1) is 3.57 Å². The monoisotopic (exact) mass is 458 g/mol. The van der Waals surface area contributed by atoms with Crippen LogP contribution in [0.5, 0.6) is 11.5 Å². The van der Waals surface area contributed by atoms with Crippen molar-refractivity contribution in [3.63, 3.8) is 0 Å². The lowest BCUT2D eigenvalue weighted by Gasteiger charge is -2.27. The lowest BCUT2D eigenvalue weighted by atomic mass is 10.1. The number of benzene rings is 1. The van der Waals surface area contributed by atoms with Crippen LogP contribution in [0.1, 0.15) is 5.56 Å². The molecule has 0 aromatic heterocycles. The molecule has 1 saturated heterocycles. The van der Waals surface area contributed by atoms with Crippen molar-refractivity contribution in [3.05, 3.63) is 39.5 Å². The number of ether oxygens (including phenoxy) is 2.